The summed E-state index contributed by atoms with van der Waals surface area (Å²) >= 11 is 1.39. The summed E-state index contributed by atoms with van der Waals surface area (Å²) in [6.07, 6.45) is 3.39. The molecular formula is C11H7N3S. The largest absolute Gasteiger partial charge is 0.250 e. The molecule has 2 rings (SSSR count). The van der Waals surface area contributed by atoms with Crippen molar-refractivity contribution in [3.05, 3.63) is 48.3 Å². The molecule has 0 N–H and O–H groups in total. The Kier molecular flexibility index (Phi) is 2.96. The van der Waals surface area contributed by atoms with Crippen LogP contribution in [0.1, 0.15) is 5.56 Å². The SMILES string of the molecule is N#Cc1cccnc1Sc1ccccn1. The standard InChI is InChI=1S/C11H7N3S/c12-8-9-4-3-7-14-11(9)15-10-5-1-2-6-13-10/h1-7H. The first-order valence-corrected chi connectivity index (χ1v) is 5.16. The fraction of sp³-hybridized carbons (Fsp3) is 0. The van der Waals surface area contributed by atoms with Gasteiger partial charge in [0.25, 0.3) is 0 Å². The lowest BCUT2D eigenvalue weighted by Crippen LogP contribution is -1.86. The fourth-order valence-electron chi connectivity index (χ4n) is 1.06. The lowest BCUT2D eigenvalue weighted by atomic mass is 10.3. The van der Waals surface area contributed by atoms with Gasteiger partial charge in [-0.3, -0.25) is 0 Å². The number of rotatable bonds is 2. The van der Waals surface area contributed by atoms with Crippen molar-refractivity contribution in [3.63, 3.8) is 0 Å². The highest BCUT2D eigenvalue weighted by atomic mass is 32.2. The van der Waals surface area contributed by atoms with Gasteiger partial charge >= 0.3 is 0 Å². The highest BCUT2D eigenvalue weighted by Crippen LogP contribution is 2.25. The number of nitriles is 1. The summed E-state index contributed by atoms with van der Waals surface area (Å²) in [5.41, 5.74) is 0.577. The van der Waals surface area contributed by atoms with E-state index >= 15 is 0 Å². The minimum atomic E-state index is 0.577. The van der Waals surface area contributed by atoms with Gasteiger partial charge in [-0.15, -0.1) is 0 Å². The molecule has 0 radical (unpaired) electrons. The number of hydrogen-bond donors (Lipinski definition) is 0. The summed E-state index contributed by atoms with van der Waals surface area (Å²) in [6, 6.07) is 11.3. The molecule has 0 aliphatic carbocycles. The third-order valence-corrected chi connectivity index (χ3v) is 2.70. The van der Waals surface area contributed by atoms with Crippen LogP contribution in [0.4, 0.5) is 0 Å². The van der Waals surface area contributed by atoms with Gasteiger partial charge in [0.1, 0.15) is 16.1 Å². The maximum absolute atomic E-state index is 8.87. The molecule has 0 spiro atoms. The van der Waals surface area contributed by atoms with Crippen LogP contribution < -0.4 is 0 Å². The molecule has 0 bridgehead atoms. The molecule has 0 fully saturated rings. The van der Waals surface area contributed by atoms with Crippen molar-refractivity contribution >= 4 is 11.8 Å². The summed E-state index contributed by atoms with van der Waals surface area (Å²) in [5, 5.41) is 10.4. The summed E-state index contributed by atoms with van der Waals surface area (Å²) in [6.45, 7) is 0. The fourth-order valence-corrected chi connectivity index (χ4v) is 1.86. The molecule has 4 heteroatoms. The van der Waals surface area contributed by atoms with Gasteiger partial charge in [-0.1, -0.05) is 6.07 Å². The number of aromatic nitrogens is 2. The lowest BCUT2D eigenvalue weighted by molar-refractivity contribution is 1.08. The van der Waals surface area contributed by atoms with Crippen molar-refractivity contribution in [1.29, 1.82) is 5.26 Å². The lowest BCUT2D eigenvalue weighted by Gasteiger charge is -2.00. The van der Waals surface area contributed by atoms with E-state index in [1.807, 2.05) is 18.2 Å². The van der Waals surface area contributed by atoms with E-state index in [4.69, 9.17) is 5.26 Å². The van der Waals surface area contributed by atoms with Crippen LogP contribution in [-0.4, -0.2) is 9.97 Å². The van der Waals surface area contributed by atoms with Crippen molar-refractivity contribution in [2.45, 2.75) is 10.1 Å². The maximum atomic E-state index is 8.87. The smallest absolute Gasteiger partial charge is 0.120 e. The van der Waals surface area contributed by atoms with Crippen LogP contribution in [0, 0.1) is 11.3 Å². The van der Waals surface area contributed by atoms with Crippen LogP contribution in [0.25, 0.3) is 0 Å². The summed E-state index contributed by atoms with van der Waals surface area (Å²) in [4.78, 5) is 8.31. The zero-order valence-corrected chi connectivity index (χ0v) is 8.61. The van der Waals surface area contributed by atoms with E-state index in [2.05, 4.69) is 16.0 Å². The first kappa shape index (κ1) is 9.69. The normalized spacial score (nSPS) is 9.53. The van der Waals surface area contributed by atoms with Crippen LogP contribution in [0.5, 0.6) is 0 Å². The van der Waals surface area contributed by atoms with Gasteiger partial charge in [-0.05, 0) is 36.0 Å². The second kappa shape index (κ2) is 4.58. The highest BCUT2D eigenvalue weighted by Gasteiger charge is 2.04. The predicted molar refractivity (Wildman–Crippen MR) is 57.3 cm³/mol. The van der Waals surface area contributed by atoms with Crippen LogP contribution in [0.15, 0.2) is 52.8 Å². The second-order valence-corrected chi connectivity index (χ2v) is 3.75. The van der Waals surface area contributed by atoms with Crippen molar-refractivity contribution in [3.8, 4) is 6.07 Å². The van der Waals surface area contributed by atoms with Crippen molar-refractivity contribution in [2.24, 2.45) is 0 Å². The highest BCUT2D eigenvalue weighted by molar-refractivity contribution is 7.99. The molecule has 2 heterocycles. The topological polar surface area (TPSA) is 49.6 Å². The molecule has 2 aromatic rings. The first-order chi connectivity index (χ1) is 7.40. The molecule has 0 saturated heterocycles. The molecule has 0 saturated carbocycles. The third-order valence-electron chi connectivity index (χ3n) is 1.73. The molecule has 0 aliphatic rings. The molecule has 0 aromatic carbocycles. The zero-order chi connectivity index (χ0) is 10.5. The zero-order valence-electron chi connectivity index (χ0n) is 7.79. The number of nitrogens with zero attached hydrogens (tertiary/aromatic N) is 3. The Hall–Kier alpha value is -1.86. The van der Waals surface area contributed by atoms with Crippen LogP contribution >= 0.6 is 11.8 Å². The Morgan fingerprint density at radius 1 is 1.07 bits per heavy atom. The Balaban J connectivity index is 2.29. The van der Waals surface area contributed by atoms with Crippen molar-refractivity contribution < 1.29 is 0 Å². The number of pyridine rings is 2. The van der Waals surface area contributed by atoms with E-state index in [-0.39, 0.29) is 0 Å². The number of hydrogen-bond acceptors (Lipinski definition) is 4. The van der Waals surface area contributed by atoms with E-state index in [1.54, 1.807) is 24.5 Å². The monoisotopic (exact) mass is 213 g/mol. The van der Waals surface area contributed by atoms with E-state index in [1.165, 1.54) is 11.8 Å². The molecule has 0 aliphatic heterocycles. The second-order valence-electron chi connectivity index (χ2n) is 2.74. The third kappa shape index (κ3) is 2.33. The van der Waals surface area contributed by atoms with Gasteiger partial charge in [0.2, 0.25) is 0 Å². The molecule has 0 atom stereocenters. The average Bonchev–Trinajstić information content (AvgIpc) is 2.31. The molecule has 3 nitrogen and oxygen atoms in total. The van der Waals surface area contributed by atoms with Crippen LogP contribution in [0.3, 0.4) is 0 Å². The molecule has 0 amide bonds. The van der Waals surface area contributed by atoms with Crippen LogP contribution in [-0.2, 0) is 0 Å². The molecule has 2 aromatic heterocycles. The van der Waals surface area contributed by atoms with Gasteiger partial charge in [-0.25, -0.2) is 9.97 Å². The van der Waals surface area contributed by atoms with Gasteiger partial charge in [0.15, 0.2) is 0 Å². The minimum absolute atomic E-state index is 0.577. The van der Waals surface area contributed by atoms with Gasteiger partial charge in [0, 0.05) is 12.4 Å². The Labute approximate surface area is 91.8 Å². The van der Waals surface area contributed by atoms with Crippen molar-refractivity contribution in [1.82, 2.24) is 9.97 Å². The molecule has 0 unspecified atom stereocenters. The van der Waals surface area contributed by atoms with E-state index in [0.29, 0.717) is 10.6 Å². The van der Waals surface area contributed by atoms with Gasteiger partial charge in [-0.2, -0.15) is 5.26 Å². The van der Waals surface area contributed by atoms with Crippen LogP contribution in [0.2, 0.25) is 0 Å². The predicted octanol–water partition coefficient (Wildman–Crippen LogP) is 2.50. The quantitative estimate of drug-likeness (QED) is 0.769. The minimum Gasteiger partial charge on any atom is -0.250 e. The Morgan fingerprint density at radius 2 is 1.93 bits per heavy atom. The molecule has 15 heavy (non-hydrogen) atoms. The van der Waals surface area contributed by atoms with E-state index in [0.717, 1.165) is 5.03 Å². The average molecular weight is 213 g/mol. The van der Waals surface area contributed by atoms with E-state index < -0.39 is 0 Å². The summed E-state index contributed by atoms with van der Waals surface area (Å²) in [5.74, 6) is 0. The molecule has 72 valence electrons. The van der Waals surface area contributed by atoms with E-state index in [9.17, 15) is 0 Å². The summed E-state index contributed by atoms with van der Waals surface area (Å²) < 4.78 is 0. The van der Waals surface area contributed by atoms with Gasteiger partial charge < -0.3 is 0 Å². The molecular weight excluding hydrogens is 206 g/mol. The summed E-state index contributed by atoms with van der Waals surface area (Å²) in [7, 11) is 0. The maximum Gasteiger partial charge on any atom is 0.120 e. The first-order valence-electron chi connectivity index (χ1n) is 4.34. The Bertz CT molecular complexity index is 491. The Morgan fingerprint density at radius 3 is 2.67 bits per heavy atom. The van der Waals surface area contributed by atoms with Crippen molar-refractivity contribution in [2.75, 3.05) is 0 Å². The van der Waals surface area contributed by atoms with Gasteiger partial charge in [0.05, 0.1) is 5.56 Å².